The SMILES string of the molecule is Fc1ccc(F)c(/C=C/CCN2CCNCC2)c1. The van der Waals surface area contributed by atoms with Gasteiger partial charge in [0, 0.05) is 38.3 Å². The topological polar surface area (TPSA) is 15.3 Å². The highest BCUT2D eigenvalue weighted by atomic mass is 19.1. The zero-order valence-electron chi connectivity index (χ0n) is 10.3. The second-order valence-corrected chi connectivity index (χ2v) is 4.45. The van der Waals surface area contributed by atoms with Gasteiger partial charge in [-0.3, -0.25) is 0 Å². The standard InChI is InChI=1S/C14H18F2N2/c15-13-4-5-14(16)12(11-13)3-1-2-8-18-9-6-17-7-10-18/h1,3-5,11,17H,2,6-10H2/b3-1+. The quantitative estimate of drug-likeness (QED) is 0.884. The fraction of sp³-hybridized carbons (Fsp3) is 0.429. The lowest BCUT2D eigenvalue weighted by Gasteiger charge is -2.26. The van der Waals surface area contributed by atoms with Gasteiger partial charge in [-0.15, -0.1) is 0 Å². The number of rotatable bonds is 4. The highest BCUT2D eigenvalue weighted by molar-refractivity contribution is 5.49. The molecule has 0 spiro atoms. The zero-order chi connectivity index (χ0) is 12.8. The van der Waals surface area contributed by atoms with Gasteiger partial charge in [0.1, 0.15) is 11.6 Å². The Morgan fingerprint density at radius 3 is 2.78 bits per heavy atom. The van der Waals surface area contributed by atoms with Crippen LogP contribution in [-0.4, -0.2) is 37.6 Å². The van der Waals surface area contributed by atoms with Crippen molar-refractivity contribution in [3.05, 3.63) is 41.5 Å². The first-order valence-corrected chi connectivity index (χ1v) is 6.30. The molecule has 0 atom stereocenters. The number of benzene rings is 1. The molecular weight excluding hydrogens is 234 g/mol. The van der Waals surface area contributed by atoms with Gasteiger partial charge in [-0.2, -0.15) is 0 Å². The molecule has 0 saturated carbocycles. The molecule has 0 bridgehead atoms. The second-order valence-electron chi connectivity index (χ2n) is 4.45. The lowest BCUT2D eigenvalue weighted by atomic mass is 10.2. The largest absolute Gasteiger partial charge is 0.314 e. The average molecular weight is 252 g/mol. The van der Waals surface area contributed by atoms with Crippen LogP contribution < -0.4 is 5.32 Å². The third-order valence-corrected chi connectivity index (χ3v) is 3.08. The Labute approximate surface area is 106 Å². The average Bonchev–Trinajstić information content (AvgIpc) is 2.40. The van der Waals surface area contributed by atoms with Gasteiger partial charge in [0.2, 0.25) is 0 Å². The fourth-order valence-electron chi connectivity index (χ4n) is 2.04. The molecule has 1 aromatic carbocycles. The lowest BCUT2D eigenvalue weighted by Crippen LogP contribution is -2.43. The van der Waals surface area contributed by atoms with E-state index in [4.69, 9.17) is 0 Å². The van der Waals surface area contributed by atoms with E-state index in [9.17, 15) is 8.78 Å². The summed E-state index contributed by atoms with van der Waals surface area (Å²) >= 11 is 0. The van der Waals surface area contributed by atoms with E-state index in [0.717, 1.165) is 51.3 Å². The Morgan fingerprint density at radius 2 is 2.00 bits per heavy atom. The van der Waals surface area contributed by atoms with E-state index in [-0.39, 0.29) is 5.82 Å². The molecule has 18 heavy (non-hydrogen) atoms. The van der Waals surface area contributed by atoms with Crippen molar-refractivity contribution >= 4 is 6.08 Å². The van der Waals surface area contributed by atoms with Crippen molar-refractivity contribution in [1.29, 1.82) is 0 Å². The van der Waals surface area contributed by atoms with Crippen LogP contribution in [0.1, 0.15) is 12.0 Å². The highest BCUT2D eigenvalue weighted by Crippen LogP contribution is 2.11. The van der Waals surface area contributed by atoms with Crippen molar-refractivity contribution in [2.24, 2.45) is 0 Å². The molecule has 1 aromatic rings. The van der Waals surface area contributed by atoms with Crippen molar-refractivity contribution < 1.29 is 8.78 Å². The van der Waals surface area contributed by atoms with Gasteiger partial charge in [-0.25, -0.2) is 8.78 Å². The van der Waals surface area contributed by atoms with Crippen LogP contribution in [0, 0.1) is 11.6 Å². The first-order chi connectivity index (χ1) is 8.75. The summed E-state index contributed by atoms with van der Waals surface area (Å²) in [6, 6.07) is 3.51. The molecule has 1 saturated heterocycles. The van der Waals surface area contributed by atoms with E-state index >= 15 is 0 Å². The monoisotopic (exact) mass is 252 g/mol. The smallest absolute Gasteiger partial charge is 0.130 e. The van der Waals surface area contributed by atoms with Crippen LogP contribution in [0.4, 0.5) is 8.78 Å². The molecular formula is C14H18F2N2. The van der Waals surface area contributed by atoms with Crippen molar-refractivity contribution in [2.45, 2.75) is 6.42 Å². The summed E-state index contributed by atoms with van der Waals surface area (Å²) in [4.78, 5) is 2.36. The Balaban J connectivity index is 1.81. The van der Waals surface area contributed by atoms with Gasteiger partial charge in [0.05, 0.1) is 0 Å². The number of hydrogen-bond donors (Lipinski definition) is 1. The Hall–Kier alpha value is -1.26. The molecule has 98 valence electrons. The molecule has 0 aromatic heterocycles. The maximum absolute atomic E-state index is 13.3. The number of nitrogens with zero attached hydrogens (tertiary/aromatic N) is 1. The summed E-state index contributed by atoms with van der Waals surface area (Å²) in [5.41, 5.74) is 0.315. The van der Waals surface area contributed by atoms with Crippen LogP contribution >= 0.6 is 0 Å². The van der Waals surface area contributed by atoms with Gasteiger partial charge in [0.25, 0.3) is 0 Å². The molecule has 2 nitrogen and oxygen atoms in total. The van der Waals surface area contributed by atoms with E-state index < -0.39 is 5.82 Å². The van der Waals surface area contributed by atoms with Crippen LogP contribution in [0.2, 0.25) is 0 Å². The summed E-state index contributed by atoms with van der Waals surface area (Å²) in [6.45, 7) is 5.14. The lowest BCUT2D eigenvalue weighted by molar-refractivity contribution is 0.245. The van der Waals surface area contributed by atoms with Crippen molar-refractivity contribution in [3.8, 4) is 0 Å². The predicted molar refractivity (Wildman–Crippen MR) is 69.3 cm³/mol. The zero-order valence-corrected chi connectivity index (χ0v) is 10.3. The van der Waals surface area contributed by atoms with Crippen molar-refractivity contribution in [2.75, 3.05) is 32.7 Å². The molecule has 0 aliphatic carbocycles. The molecule has 1 heterocycles. The van der Waals surface area contributed by atoms with Gasteiger partial charge < -0.3 is 10.2 Å². The molecule has 1 aliphatic heterocycles. The van der Waals surface area contributed by atoms with Crippen molar-refractivity contribution in [1.82, 2.24) is 10.2 Å². The summed E-state index contributed by atoms with van der Waals surface area (Å²) < 4.78 is 26.2. The fourth-order valence-corrected chi connectivity index (χ4v) is 2.04. The Morgan fingerprint density at radius 1 is 1.22 bits per heavy atom. The second kappa shape index (κ2) is 6.61. The number of halogens is 2. The summed E-state index contributed by atoms with van der Waals surface area (Å²) in [6.07, 6.45) is 4.41. The van der Waals surface area contributed by atoms with Crippen LogP contribution in [0.3, 0.4) is 0 Å². The Bertz CT molecular complexity index is 412. The molecule has 0 unspecified atom stereocenters. The minimum absolute atomic E-state index is 0.315. The maximum atomic E-state index is 13.3. The first-order valence-electron chi connectivity index (χ1n) is 6.30. The van der Waals surface area contributed by atoms with E-state index in [1.807, 2.05) is 6.08 Å². The molecule has 1 aliphatic rings. The van der Waals surface area contributed by atoms with E-state index in [1.165, 1.54) is 6.07 Å². The van der Waals surface area contributed by atoms with E-state index in [2.05, 4.69) is 10.2 Å². The number of hydrogen-bond acceptors (Lipinski definition) is 2. The molecule has 0 radical (unpaired) electrons. The number of piperazine rings is 1. The molecule has 2 rings (SSSR count). The van der Waals surface area contributed by atoms with Gasteiger partial charge in [-0.05, 0) is 24.6 Å². The third kappa shape index (κ3) is 3.89. The summed E-state index contributed by atoms with van der Waals surface area (Å²) in [5.74, 6) is -0.784. The normalized spacial score (nSPS) is 17.4. The van der Waals surface area contributed by atoms with E-state index in [0.29, 0.717) is 5.56 Å². The van der Waals surface area contributed by atoms with Gasteiger partial charge in [-0.1, -0.05) is 12.2 Å². The minimum atomic E-state index is -0.404. The minimum Gasteiger partial charge on any atom is -0.314 e. The van der Waals surface area contributed by atoms with Gasteiger partial charge >= 0.3 is 0 Å². The highest BCUT2D eigenvalue weighted by Gasteiger charge is 2.07. The van der Waals surface area contributed by atoms with Crippen molar-refractivity contribution in [3.63, 3.8) is 0 Å². The maximum Gasteiger partial charge on any atom is 0.130 e. The van der Waals surface area contributed by atoms with Crippen LogP contribution in [0.25, 0.3) is 6.08 Å². The summed E-state index contributed by atoms with van der Waals surface area (Å²) in [7, 11) is 0. The molecule has 1 N–H and O–H groups in total. The number of nitrogens with one attached hydrogen (secondary N) is 1. The predicted octanol–water partition coefficient (Wildman–Crippen LogP) is 2.27. The molecule has 1 fully saturated rings. The van der Waals surface area contributed by atoms with Crippen LogP contribution in [0.15, 0.2) is 24.3 Å². The van der Waals surface area contributed by atoms with E-state index in [1.54, 1.807) is 6.08 Å². The van der Waals surface area contributed by atoms with Crippen LogP contribution in [0.5, 0.6) is 0 Å². The summed E-state index contributed by atoms with van der Waals surface area (Å²) in [5, 5.41) is 3.29. The molecule has 0 amide bonds. The Kier molecular flexibility index (Phi) is 4.84. The first kappa shape index (κ1) is 13.2. The van der Waals surface area contributed by atoms with Gasteiger partial charge in [0.15, 0.2) is 0 Å². The van der Waals surface area contributed by atoms with Crippen LogP contribution in [-0.2, 0) is 0 Å². The molecule has 4 heteroatoms. The third-order valence-electron chi connectivity index (χ3n) is 3.08.